The number of phenols is 1. The molecule has 0 radical (unpaired) electrons. The van der Waals surface area contributed by atoms with Gasteiger partial charge in [-0.25, -0.2) is 0 Å². The van der Waals surface area contributed by atoms with Crippen LogP contribution in [0.25, 0.3) is 16.8 Å². The van der Waals surface area contributed by atoms with E-state index >= 15 is 0 Å². The van der Waals surface area contributed by atoms with Crippen LogP contribution in [0.1, 0.15) is 5.56 Å². The van der Waals surface area contributed by atoms with Crippen LogP contribution in [-0.4, -0.2) is 10.2 Å². The van der Waals surface area contributed by atoms with Crippen LogP contribution in [0, 0.1) is 0 Å². The van der Waals surface area contributed by atoms with Gasteiger partial charge in [-0.1, -0.05) is 36.4 Å². The Hall–Kier alpha value is -1.96. The lowest BCUT2D eigenvalue weighted by molar-refractivity contribution is 0.472. The molecular formula is C12H10O2. The molecule has 0 aliphatic rings. The van der Waals surface area contributed by atoms with Gasteiger partial charge in [-0.3, -0.25) is 0 Å². The summed E-state index contributed by atoms with van der Waals surface area (Å²) in [5.74, 6) is 0.202. The van der Waals surface area contributed by atoms with Crippen molar-refractivity contribution in [3.63, 3.8) is 0 Å². The summed E-state index contributed by atoms with van der Waals surface area (Å²) < 4.78 is 0. The highest BCUT2D eigenvalue weighted by Crippen LogP contribution is 2.29. The summed E-state index contributed by atoms with van der Waals surface area (Å²) in [4.78, 5) is 0. The van der Waals surface area contributed by atoms with Gasteiger partial charge in [0.25, 0.3) is 0 Å². The molecule has 0 aliphatic heterocycles. The van der Waals surface area contributed by atoms with E-state index in [0.717, 1.165) is 17.0 Å². The van der Waals surface area contributed by atoms with E-state index in [1.165, 1.54) is 6.08 Å². The van der Waals surface area contributed by atoms with Gasteiger partial charge < -0.3 is 10.2 Å². The number of aliphatic hydroxyl groups is 1. The summed E-state index contributed by atoms with van der Waals surface area (Å²) in [7, 11) is 0. The second kappa shape index (κ2) is 3.42. The highest BCUT2D eigenvalue weighted by Gasteiger charge is 2.02. The summed E-state index contributed by atoms with van der Waals surface area (Å²) in [6, 6.07) is 11.2. The van der Waals surface area contributed by atoms with Gasteiger partial charge in [0.2, 0.25) is 0 Å². The van der Waals surface area contributed by atoms with Crippen LogP contribution in [0.3, 0.4) is 0 Å². The van der Waals surface area contributed by atoms with Gasteiger partial charge in [0.15, 0.2) is 0 Å². The normalized spacial score (nSPS) is 11.1. The fourth-order valence-corrected chi connectivity index (χ4v) is 1.49. The Morgan fingerprint density at radius 1 is 1.00 bits per heavy atom. The van der Waals surface area contributed by atoms with Crippen molar-refractivity contribution in [2.24, 2.45) is 0 Å². The van der Waals surface area contributed by atoms with Crippen LogP contribution in [0.5, 0.6) is 5.75 Å². The number of hydrogen-bond acceptors (Lipinski definition) is 2. The lowest BCUT2D eigenvalue weighted by atomic mass is 10.1. The summed E-state index contributed by atoms with van der Waals surface area (Å²) in [5.41, 5.74) is 0.617. The molecular weight excluding hydrogens is 176 g/mol. The molecule has 0 heterocycles. The first kappa shape index (κ1) is 8.63. The Bertz CT molecular complexity index is 487. The molecule has 70 valence electrons. The zero-order chi connectivity index (χ0) is 9.97. The van der Waals surface area contributed by atoms with Crippen LogP contribution in [0.4, 0.5) is 0 Å². The van der Waals surface area contributed by atoms with E-state index in [0.29, 0.717) is 5.56 Å². The van der Waals surface area contributed by atoms with E-state index in [1.54, 1.807) is 6.07 Å². The van der Waals surface area contributed by atoms with E-state index < -0.39 is 0 Å². The molecule has 2 aromatic rings. The minimum Gasteiger partial charge on any atom is -0.516 e. The Morgan fingerprint density at radius 2 is 1.79 bits per heavy atom. The molecule has 0 atom stereocenters. The largest absolute Gasteiger partial charge is 0.516 e. The van der Waals surface area contributed by atoms with Gasteiger partial charge in [0, 0.05) is 10.9 Å². The Morgan fingerprint density at radius 3 is 2.57 bits per heavy atom. The molecule has 0 saturated carbocycles. The standard InChI is InChI=1S/C12H10O2/c13-8-7-10-6-5-9-3-1-2-4-11(9)12(10)14/h1-8,13-14H. The summed E-state index contributed by atoms with van der Waals surface area (Å²) >= 11 is 0. The quantitative estimate of drug-likeness (QED) is 0.672. The molecule has 14 heavy (non-hydrogen) atoms. The molecule has 2 rings (SSSR count). The van der Waals surface area contributed by atoms with E-state index in [9.17, 15) is 5.11 Å². The van der Waals surface area contributed by atoms with Gasteiger partial charge in [0.05, 0.1) is 6.26 Å². The van der Waals surface area contributed by atoms with E-state index in [-0.39, 0.29) is 5.75 Å². The highest BCUT2D eigenvalue weighted by atomic mass is 16.3. The highest BCUT2D eigenvalue weighted by molar-refractivity contribution is 5.91. The van der Waals surface area contributed by atoms with Crippen LogP contribution >= 0.6 is 0 Å². The zero-order valence-electron chi connectivity index (χ0n) is 7.51. The maximum absolute atomic E-state index is 9.82. The predicted octanol–water partition coefficient (Wildman–Crippen LogP) is 3.07. The molecule has 2 N–H and O–H groups in total. The van der Waals surface area contributed by atoms with E-state index in [2.05, 4.69) is 0 Å². The maximum Gasteiger partial charge on any atom is 0.130 e. The van der Waals surface area contributed by atoms with Crippen LogP contribution in [0.2, 0.25) is 0 Å². The van der Waals surface area contributed by atoms with E-state index in [1.807, 2.05) is 30.3 Å². The SMILES string of the molecule is OC=Cc1ccc2ccccc2c1O. The summed E-state index contributed by atoms with van der Waals surface area (Å²) in [6.45, 7) is 0. The second-order valence-electron chi connectivity index (χ2n) is 3.04. The Labute approximate surface area is 81.7 Å². The number of aromatic hydroxyl groups is 1. The maximum atomic E-state index is 9.82. The lowest BCUT2D eigenvalue weighted by Crippen LogP contribution is -1.78. The smallest absolute Gasteiger partial charge is 0.130 e. The van der Waals surface area contributed by atoms with Gasteiger partial charge in [-0.05, 0) is 11.5 Å². The number of fused-ring (bicyclic) bond motifs is 1. The number of benzene rings is 2. The van der Waals surface area contributed by atoms with Gasteiger partial charge in [-0.15, -0.1) is 0 Å². The monoisotopic (exact) mass is 186 g/mol. The van der Waals surface area contributed by atoms with E-state index in [4.69, 9.17) is 5.11 Å². The molecule has 2 aromatic carbocycles. The minimum absolute atomic E-state index is 0.202. The topological polar surface area (TPSA) is 40.5 Å². The van der Waals surface area contributed by atoms with Crippen LogP contribution in [0.15, 0.2) is 42.7 Å². The molecule has 0 unspecified atom stereocenters. The lowest BCUT2D eigenvalue weighted by Gasteiger charge is -2.03. The van der Waals surface area contributed by atoms with Crippen molar-refractivity contribution < 1.29 is 10.2 Å². The van der Waals surface area contributed by atoms with Crippen molar-refractivity contribution >= 4 is 16.8 Å². The fourth-order valence-electron chi connectivity index (χ4n) is 1.49. The van der Waals surface area contributed by atoms with Crippen LogP contribution < -0.4 is 0 Å². The third-order valence-electron chi connectivity index (χ3n) is 2.19. The minimum atomic E-state index is 0.202. The average Bonchev–Trinajstić information content (AvgIpc) is 2.23. The number of aliphatic hydroxyl groups excluding tert-OH is 1. The Kier molecular flexibility index (Phi) is 2.11. The molecule has 0 amide bonds. The summed E-state index contributed by atoms with van der Waals surface area (Å²) in [6.07, 6.45) is 2.38. The van der Waals surface area contributed by atoms with Crippen molar-refractivity contribution in [1.29, 1.82) is 0 Å². The zero-order valence-corrected chi connectivity index (χ0v) is 7.51. The van der Waals surface area contributed by atoms with Crippen molar-refractivity contribution in [2.75, 3.05) is 0 Å². The predicted molar refractivity (Wildman–Crippen MR) is 57.3 cm³/mol. The first-order valence-electron chi connectivity index (χ1n) is 4.34. The van der Waals surface area contributed by atoms with Crippen molar-refractivity contribution in [3.05, 3.63) is 48.2 Å². The third-order valence-corrected chi connectivity index (χ3v) is 2.19. The molecule has 0 aliphatic carbocycles. The van der Waals surface area contributed by atoms with Crippen molar-refractivity contribution in [3.8, 4) is 5.75 Å². The van der Waals surface area contributed by atoms with Gasteiger partial charge in [0.1, 0.15) is 5.75 Å². The van der Waals surface area contributed by atoms with Crippen LogP contribution in [-0.2, 0) is 0 Å². The van der Waals surface area contributed by atoms with Crippen molar-refractivity contribution in [1.82, 2.24) is 0 Å². The second-order valence-corrected chi connectivity index (χ2v) is 3.04. The first-order valence-corrected chi connectivity index (χ1v) is 4.34. The van der Waals surface area contributed by atoms with Gasteiger partial charge >= 0.3 is 0 Å². The number of hydrogen-bond donors (Lipinski definition) is 2. The van der Waals surface area contributed by atoms with Crippen molar-refractivity contribution in [2.45, 2.75) is 0 Å². The molecule has 0 spiro atoms. The average molecular weight is 186 g/mol. The summed E-state index contributed by atoms with van der Waals surface area (Å²) in [5, 5.41) is 20.2. The molecule has 2 heteroatoms. The molecule has 0 fully saturated rings. The molecule has 2 nitrogen and oxygen atoms in total. The Balaban J connectivity index is 2.75. The fraction of sp³-hybridized carbons (Fsp3) is 0. The molecule has 0 bridgehead atoms. The number of phenolic OH excluding ortho intramolecular Hbond substituents is 1. The molecule has 0 aromatic heterocycles. The first-order chi connectivity index (χ1) is 6.83. The van der Waals surface area contributed by atoms with Gasteiger partial charge in [-0.2, -0.15) is 0 Å². The number of rotatable bonds is 1. The third kappa shape index (κ3) is 1.31. The molecule has 0 saturated heterocycles.